The fraction of sp³-hybridized carbons (Fsp3) is 0.353. The quantitative estimate of drug-likeness (QED) is 0.797. The van der Waals surface area contributed by atoms with E-state index in [0.29, 0.717) is 15.6 Å². The molecule has 3 rings (SSSR count). The Bertz CT molecular complexity index is 752. The number of thiazole rings is 1. The molecule has 0 spiro atoms. The number of aryl methyl sites for hydroxylation is 1. The van der Waals surface area contributed by atoms with Gasteiger partial charge in [-0.05, 0) is 44.0 Å². The molecule has 1 aliphatic rings. The minimum atomic E-state index is -0.550. The second-order valence-electron chi connectivity index (χ2n) is 5.60. The third-order valence-electron chi connectivity index (χ3n) is 3.86. The smallest absolute Gasteiger partial charge is 0.350 e. The number of aromatic nitrogens is 1. The van der Waals surface area contributed by atoms with Gasteiger partial charge in [0, 0.05) is 18.7 Å². The number of benzene rings is 1. The molecule has 0 saturated carbocycles. The molecule has 0 bridgehead atoms. The fourth-order valence-corrected chi connectivity index (χ4v) is 3.52. The third-order valence-corrected chi connectivity index (χ3v) is 5.05. The second-order valence-corrected chi connectivity index (χ2v) is 6.60. The van der Waals surface area contributed by atoms with E-state index in [4.69, 9.17) is 4.74 Å². The van der Waals surface area contributed by atoms with Crippen molar-refractivity contribution in [2.45, 2.75) is 19.8 Å². The van der Waals surface area contributed by atoms with Crippen molar-refractivity contribution in [1.82, 2.24) is 9.88 Å². The first-order chi connectivity index (χ1) is 11.5. The van der Waals surface area contributed by atoms with Crippen molar-refractivity contribution in [2.75, 3.05) is 19.7 Å². The molecule has 0 N–H and O–H groups in total. The van der Waals surface area contributed by atoms with E-state index < -0.39 is 5.97 Å². The molecule has 2 aromatic rings. The third kappa shape index (κ3) is 3.62. The number of esters is 1. The molecule has 126 valence electrons. The van der Waals surface area contributed by atoms with Crippen LogP contribution in [0.4, 0.5) is 4.39 Å². The van der Waals surface area contributed by atoms with E-state index in [0.717, 1.165) is 31.5 Å². The number of carbonyl (C=O) groups is 2. The second kappa shape index (κ2) is 7.09. The predicted molar refractivity (Wildman–Crippen MR) is 88.3 cm³/mol. The zero-order valence-corrected chi connectivity index (χ0v) is 14.1. The van der Waals surface area contributed by atoms with Crippen LogP contribution in [-0.2, 0) is 9.53 Å². The van der Waals surface area contributed by atoms with Crippen LogP contribution in [0.2, 0.25) is 0 Å². The normalized spacial score (nSPS) is 14.0. The van der Waals surface area contributed by atoms with Crippen LogP contribution in [-0.4, -0.2) is 41.5 Å². The van der Waals surface area contributed by atoms with Gasteiger partial charge >= 0.3 is 5.97 Å². The SMILES string of the molecule is Cc1nc(-c2ccc(F)cc2)sc1C(=O)OCC(=O)N1CCCC1. The molecular weight excluding hydrogens is 331 g/mol. The van der Waals surface area contributed by atoms with Gasteiger partial charge in [0.25, 0.3) is 5.91 Å². The largest absolute Gasteiger partial charge is 0.451 e. The van der Waals surface area contributed by atoms with E-state index in [1.807, 2.05) is 0 Å². The molecule has 1 saturated heterocycles. The number of rotatable bonds is 4. The molecule has 1 fully saturated rings. The maximum absolute atomic E-state index is 13.0. The standard InChI is InChI=1S/C17H17FN2O3S/c1-11-15(17(22)23-10-14(21)20-8-2-3-9-20)24-16(19-11)12-4-6-13(18)7-5-12/h4-7H,2-3,8-10H2,1H3. The topological polar surface area (TPSA) is 59.5 Å². The van der Waals surface area contributed by atoms with Gasteiger partial charge in [0.2, 0.25) is 0 Å². The van der Waals surface area contributed by atoms with Gasteiger partial charge in [0.05, 0.1) is 5.69 Å². The van der Waals surface area contributed by atoms with E-state index in [-0.39, 0.29) is 18.3 Å². The molecule has 1 aliphatic heterocycles. The number of halogens is 1. The lowest BCUT2D eigenvalue weighted by molar-refractivity contribution is -0.133. The summed E-state index contributed by atoms with van der Waals surface area (Å²) in [6.45, 7) is 2.92. The average Bonchev–Trinajstić information content (AvgIpc) is 3.23. The van der Waals surface area contributed by atoms with Crippen molar-refractivity contribution in [2.24, 2.45) is 0 Å². The molecule has 0 atom stereocenters. The Hall–Kier alpha value is -2.28. The summed E-state index contributed by atoms with van der Waals surface area (Å²) in [5, 5.41) is 0.616. The number of hydrogen-bond acceptors (Lipinski definition) is 5. The molecular formula is C17H17FN2O3S. The lowest BCUT2D eigenvalue weighted by atomic mass is 10.2. The van der Waals surface area contributed by atoms with Crippen LogP contribution in [0, 0.1) is 12.7 Å². The van der Waals surface area contributed by atoms with Crippen molar-refractivity contribution in [3.63, 3.8) is 0 Å². The predicted octanol–water partition coefficient (Wildman–Crippen LogP) is 3.04. The van der Waals surface area contributed by atoms with Gasteiger partial charge < -0.3 is 9.64 Å². The number of carbonyl (C=O) groups excluding carboxylic acids is 2. The summed E-state index contributed by atoms with van der Waals surface area (Å²) in [6.07, 6.45) is 1.99. The van der Waals surface area contributed by atoms with Crippen molar-refractivity contribution >= 4 is 23.2 Å². The molecule has 1 aromatic heterocycles. The summed E-state index contributed by atoms with van der Waals surface area (Å²) in [5.41, 5.74) is 1.27. The number of hydrogen-bond donors (Lipinski definition) is 0. The molecule has 0 radical (unpaired) electrons. The van der Waals surface area contributed by atoms with Gasteiger partial charge in [-0.1, -0.05) is 0 Å². The molecule has 1 amide bonds. The van der Waals surface area contributed by atoms with Crippen molar-refractivity contribution < 1.29 is 18.7 Å². The van der Waals surface area contributed by atoms with E-state index in [1.54, 1.807) is 24.0 Å². The van der Waals surface area contributed by atoms with Gasteiger partial charge in [0.15, 0.2) is 6.61 Å². The molecule has 2 heterocycles. The van der Waals surface area contributed by atoms with Gasteiger partial charge in [-0.2, -0.15) is 0 Å². The fourth-order valence-electron chi connectivity index (χ4n) is 2.55. The average molecular weight is 348 g/mol. The summed E-state index contributed by atoms with van der Waals surface area (Å²) < 4.78 is 18.1. The molecule has 24 heavy (non-hydrogen) atoms. The van der Waals surface area contributed by atoms with Crippen LogP contribution in [0.1, 0.15) is 28.2 Å². The Balaban J connectivity index is 1.66. The summed E-state index contributed by atoms with van der Waals surface area (Å²) >= 11 is 1.18. The highest BCUT2D eigenvalue weighted by Crippen LogP contribution is 2.28. The molecule has 1 aromatic carbocycles. The monoisotopic (exact) mass is 348 g/mol. The molecule has 5 nitrogen and oxygen atoms in total. The van der Waals surface area contributed by atoms with Crippen LogP contribution < -0.4 is 0 Å². The molecule has 7 heteroatoms. The first-order valence-electron chi connectivity index (χ1n) is 7.73. The Kier molecular flexibility index (Phi) is 4.89. The number of ether oxygens (including phenoxy) is 1. The Labute approximate surface area is 143 Å². The minimum Gasteiger partial charge on any atom is -0.451 e. The maximum atomic E-state index is 13.0. The zero-order valence-electron chi connectivity index (χ0n) is 13.3. The molecule has 0 aliphatic carbocycles. The first-order valence-corrected chi connectivity index (χ1v) is 8.54. The first kappa shape index (κ1) is 16.6. The lowest BCUT2D eigenvalue weighted by Crippen LogP contribution is -2.32. The van der Waals surface area contributed by atoms with Crippen LogP contribution in [0.5, 0.6) is 0 Å². The minimum absolute atomic E-state index is 0.165. The zero-order chi connectivity index (χ0) is 17.1. The van der Waals surface area contributed by atoms with Gasteiger partial charge in [-0.15, -0.1) is 11.3 Å². The van der Waals surface area contributed by atoms with Crippen LogP contribution in [0.15, 0.2) is 24.3 Å². The maximum Gasteiger partial charge on any atom is 0.350 e. The van der Waals surface area contributed by atoms with Gasteiger partial charge in [0.1, 0.15) is 15.7 Å². The van der Waals surface area contributed by atoms with Crippen molar-refractivity contribution in [3.05, 3.63) is 40.7 Å². The van der Waals surface area contributed by atoms with E-state index >= 15 is 0 Å². The highest BCUT2D eigenvalue weighted by molar-refractivity contribution is 7.17. The van der Waals surface area contributed by atoms with Gasteiger partial charge in [-0.25, -0.2) is 14.2 Å². The van der Waals surface area contributed by atoms with Gasteiger partial charge in [-0.3, -0.25) is 4.79 Å². The van der Waals surface area contributed by atoms with E-state index in [9.17, 15) is 14.0 Å². The highest BCUT2D eigenvalue weighted by atomic mass is 32.1. The number of amides is 1. The van der Waals surface area contributed by atoms with Crippen LogP contribution >= 0.6 is 11.3 Å². The van der Waals surface area contributed by atoms with E-state index in [2.05, 4.69) is 4.98 Å². The number of likely N-dealkylation sites (tertiary alicyclic amines) is 1. The highest BCUT2D eigenvalue weighted by Gasteiger charge is 2.22. The Morgan fingerprint density at radius 2 is 1.92 bits per heavy atom. The van der Waals surface area contributed by atoms with Crippen molar-refractivity contribution in [3.8, 4) is 10.6 Å². The van der Waals surface area contributed by atoms with Crippen LogP contribution in [0.25, 0.3) is 10.6 Å². The Morgan fingerprint density at radius 1 is 1.25 bits per heavy atom. The molecule has 0 unspecified atom stereocenters. The summed E-state index contributed by atoms with van der Waals surface area (Å²) in [4.78, 5) is 30.5. The van der Waals surface area contributed by atoms with Crippen molar-refractivity contribution in [1.29, 1.82) is 0 Å². The number of nitrogens with zero attached hydrogens (tertiary/aromatic N) is 2. The van der Waals surface area contributed by atoms with Crippen LogP contribution in [0.3, 0.4) is 0 Å². The lowest BCUT2D eigenvalue weighted by Gasteiger charge is -2.14. The Morgan fingerprint density at radius 3 is 2.58 bits per heavy atom. The summed E-state index contributed by atoms with van der Waals surface area (Å²) in [6, 6.07) is 5.91. The summed E-state index contributed by atoms with van der Waals surface area (Å²) in [7, 11) is 0. The van der Waals surface area contributed by atoms with E-state index in [1.165, 1.54) is 23.5 Å². The summed E-state index contributed by atoms with van der Waals surface area (Å²) in [5.74, 6) is -1.04.